The van der Waals surface area contributed by atoms with E-state index in [0.29, 0.717) is 17.4 Å². The number of rotatable bonds is 4. The average Bonchev–Trinajstić information content (AvgIpc) is 2.85. The van der Waals surface area contributed by atoms with Gasteiger partial charge in [0.1, 0.15) is 0 Å². The lowest BCUT2D eigenvalue weighted by Crippen LogP contribution is -2.30. The van der Waals surface area contributed by atoms with E-state index in [1.165, 1.54) is 19.3 Å². The molecule has 0 aliphatic heterocycles. The SMILES string of the molecule is Cc1ccc(S(=O)(=O)NC2C3C4CCC(C4)C23)cc1CO. The van der Waals surface area contributed by atoms with Gasteiger partial charge in [0.05, 0.1) is 11.5 Å². The summed E-state index contributed by atoms with van der Waals surface area (Å²) >= 11 is 0. The van der Waals surface area contributed by atoms with Gasteiger partial charge < -0.3 is 5.11 Å². The Morgan fingerprint density at radius 3 is 2.52 bits per heavy atom. The van der Waals surface area contributed by atoms with E-state index in [0.717, 1.165) is 17.4 Å². The van der Waals surface area contributed by atoms with Crippen molar-refractivity contribution in [3.63, 3.8) is 0 Å². The molecule has 3 fully saturated rings. The Kier molecular flexibility index (Phi) is 2.97. The minimum absolute atomic E-state index is 0.131. The second-order valence-electron chi connectivity index (χ2n) is 6.88. The summed E-state index contributed by atoms with van der Waals surface area (Å²) in [7, 11) is -3.47. The summed E-state index contributed by atoms with van der Waals surface area (Å²) in [6, 6.07) is 5.13. The van der Waals surface area contributed by atoms with Gasteiger partial charge in [-0.15, -0.1) is 0 Å². The smallest absolute Gasteiger partial charge is 0.240 e. The molecule has 0 aromatic heterocycles. The van der Waals surface area contributed by atoms with Crippen molar-refractivity contribution in [3.05, 3.63) is 29.3 Å². The van der Waals surface area contributed by atoms with Crippen molar-refractivity contribution < 1.29 is 13.5 Å². The van der Waals surface area contributed by atoms with Crippen molar-refractivity contribution in [2.75, 3.05) is 0 Å². The van der Waals surface area contributed by atoms with Gasteiger partial charge in [-0.3, -0.25) is 0 Å². The second kappa shape index (κ2) is 4.54. The van der Waals surface area contributed by atoms with Crippen LogP contribution in [-0.2, 0) is 16.6 Å². The zero-order chi connectivity index (χ0) is 14.8. The first-order valence-electron chi connectivity index (χ1n) is 7.74. The zero-order valence-electron chi connectivity index (χ0n) is 12.1. The van der Waals surface area contributed by atoms with Crippen molar-refractivity contribution in [1.29, 1.82) is 0 Å². The fraction of sp³-hybridized carbons (Fsp3) is 0.625. The Labute approximate surface area is 125 Å². The molecule has 0 saturated heterocycles. The lowest BCUT2D eigenvalue weighted by molar-refractivity contribution is 0.280. The first-order chi connectivity index (χ1) is 10.0. The van der Waals surface area contributed by atoms with E-state index in [4.69, 9.17) is 0 Å². The summed E-state index contributed by atoms with van der Waals surface area (Å²) in [5.74, 6) is 2.67. The zero-order valence-corrected chi connectivity index (χ0v) is 12.9. The number of fused-ring (bicyclic) bond motifs is 5. The van der Waals surface area contributed by atoms with E-state index < -0.39 is 10.0 Å². The van der Waals surface area contributed by atoms with Crippen LogP contribution in [0.3, 0.4) is 0 Å². The summed E-state index contributed by atoms with van der Waals surface area (Å²) in [4.78, 5) is 0.273. The molecule has 3 aliphatic rings. The molecule has 0 amide bonds. The third kappa shape index (κ3) is 2.05. The minimum Gasteiger partial charge on any atom is -0.392 e. The van der Waals surface area contributed by atoms with Gasteiger partial charge in [-0.25, -0.2) is 13.1 Å². The highest BCUT2D eigenvalue weighted by Crippen LogP contribution is 2.65. The predicted molar refractivity (Wildman–Crippen MR) is 79.0 cm³/mol. The summed E-state index contributed by atoms with van der Waals surface area (Å²) in [6.45, 7) is 1.74. The van der Waals surface area contributed by atoms with Crippen molar-refractivity contribution in [1.82, 2.24) is 4.72 Å². The van der Waals surface area contributed by atoms with Crippen LogP contribution in [0.5, 0.6) is 0 Å². The van der Waals surface area contributed by atoms with Crippen LogP contribution >= 0.6 is 0 Å². The molecular weight excluding hydrogens is 286 g/mol. The van der Waals surface area contributed by atoms with Gasteiger partial charge in [-0.2, -0.15) is 0 Å². The van der Waals surface area contributed by atoms with Gasteiger partial charge in [-0.05, 0) is 73.1 Å². The Morgan fingerprint density at radius 1 is 1.24 bits per heavy atom. The number of benzene rings is 1. The number of nitrogens with one attached hydrogen (secondary N) is 1. The van der Waals surface area contributed by atoms with Crippen molar-refractivity contribution in [3.8, 4) is 0 Å². The normalized spacial score (nSPS) is 36.8. The lowest BCUT2D eigenvalue weighted by atomic mass is 10.0. The molecule has 2 N–H and O–H groups in total. The summed E-state index contributed by atoms with van der Waals surface area (Å²) < 4.78 is 28.0. The maximum atomic E-state index is 12.5. The van der Waals surface area contributed by atoms with Crippen LogP contribution in [0.2, 0.25) is 0 Å². The van der Waals surface area contributed by atoms with E-state index in [1.54, 1.807) is 18.2 Å². The van der Waals surface area contributed by atoms with Crippen LogP contribution < -0.4 is 4.72 Å². The van der Waals surface area contributed by atoms with E-state index in [9.17, 15) is 13.5 Å². The summed E-state index contributed by atoms with van der Waals surface area (Å²) in [5, 5.41) is 9.30. The molecule has 0 heterocycles. The molecule has 4 nitrogen and oxygen atoms in total. The summed E-state index contributed by atoms with van der Waals surface area (Å²) in [5.41, 5.74) is 1.59. The Morgan fingerprint density at radius 2 is 1.90 bits per heavy atom. The van der Waals surface area contributed by atoms with Gasteiger partial charge >= 0.3 is 0 Å². The maximum absolute atomic E-state index is 12.5. The molecule has 3 saturated carbocycles. The maximum Gasteiger partial charge on any atom is 0.240 e. The van der Waals surface area contributed by atoms with Crippen LogP contribution in [0.1, 0.15) is 30.4 Å². The monoisotopic (exact) mass is 307 g/mol. The molecule has 3 aliphatic carbocycles. The Balaban J connectivity index is 1.55. The molecule has 2 bridgehead atoms. The van der Waals surface area contributed by atoms with Gasteiger partial charge in [-0.1, -0.05) is 6.07 Å². The van der Waals surface area contributed by atoms with Gasteiger partial charge in [0, 0.05) is 6.04 Å². The van der Waals surface area contributed by atoms with Crippen LogP contribution in [0.25, 0.3) is 0 Å². The Bertz CT molecular complexity index is 669. The van der Waals surface area contributed by atoms with E-state index in [1.807, 2.05) is 6.92 Å². The van der Waals surface area contributed by atoms with Crippen LogP contribution in [0, 0.1) is 30.6 Å². The molecule has 0 spiro atoms. The Hall–Kier alpha value is -0.910. The molecule has 21 heavy (non-hydrogen) atoms. The largest absolute Gasteiger partial charge is 0.392 e. The molecule has 0 radical (unpaired) electrons. The standard InChI is InChI=1S/C16H21NO3S/c1-9-2-5-13(7-12(9)8-18)21(19,20)17-16-14-10-3-4-11(6-10)15(14)16/h2,5,7,10-11,14-18H,3-4,6,8H2,1H3. The third-order valence-electron chi connectivity index (χ3n) is 5.83. The number of aryl methyl sites for hydroxylation is 1. The third-order valence-corrected chi connectivity index (χ3v) is 7.28. The van der Waals surface area contributed by atoms with E-state index in [2.05, 4.69) is 4.72 Å². The minimum atomic E-state index is -3.47. The van der Waals surface area contributed by atoms with Crippen LogP contribution in [0.15, 0.2) is 23.1 Å². The molecule has 1 aromatic rings. The van der Waals surface area contributed by atoms with Crippen LogP contribution in [0.4, 0.5) is 0 Å². The van der Waals surface area contributed by atoms with Gasteiger partial charge in [0.25, 0.3) is 0 Å². The van der Waals surface area contributed by atoms with E-state index in [-0.39, 0.29) is 17.5 Å². The predicted octanol–water partition coefficient (Wildman–Crippen LogP) is 1.81. The number of sulfonamides is 1. The molecule has 5 heteroatoms. The first kappa shape index (κ1) is 13.7. The highest BCUT2D eigenvalue weighted by molar-refractivity contribution is 7.89. The number of aliphatic hydroxyl groups is 1. The van der Waals surface area contributed by atoms with Gasteiger partial charge in [0.15, 0.2) is 0 Å². The fourth-order valence-corrected chi connectivity index (χ4v) is 6.07. The van der Waals surface area contributed by atoms with Gasteiger partial charge in [0.2, 0.25) is 10.0 Å². The number of aliphatic hydroxyl groups excluding tert-OH is 1. The molecule has 4 unspecified atom stereocenters. The molecule has 4 atom stereocenters. The first-order valence-corrected chi connectivity index (χ1v) is 9.22. The highest BCUT2D eigenvalue weighted by atomic mass is 32.2. The molecule has 1 aromatic carbocycles. The topological polar surface area (TPSA) is 66.4 Å². The quantitative estimate of drug-likeness (QED) is 0.891. The van der Waals surface area contributed by atoms with Crippen molar-refractivity contribution in [2.45, 2.75) is 43.7 Å². The van der Waals surface area contributed by atoms with Crippen molar-refractivity contribution >= 4 is 10.0 Å². The van der Waals surface area contributed by atoms with Crippen molar-refractivity contribution in [2.24, 2.45) is 23.7 Å². The molecule has 4 rings (SSSR count). The summed E-state index contributed by atoms with van der Waals surface area (Å²) in [6.07, 6.45) is 3.87. The molecule has 114 valence electrons. The number of hydrogen-bond acceptors (Lipinski definition) is 3. The number of hydrogen-bond donors (Lipinski definition) is 2. The lowest BCUT2D eigenvalue weighted by Gasteiger charge is -2.12. The molecular formula is C16H21NO3S. The van der Waals surface area contributed by atoms with Crippen LogP contribution in [-0.4, -0.2) is 19.6 Å². The second-order valence-corrected chi connectivity index (χ2v) is 8.60. The fourth-order valence-electron chi connectivity index (χ4n) is 4.72. The average molecular weight is 307 g/mol. The van der Waals surface area contributed by atoms with E-state index >= 15 is 0 Å². The highest BCUT2D eigenvalue weighted by Gasteiger charge is 2.65.